The first-order valence-corrected chi connectivity index (χ1v) is 7.02. The van der Waals surface area contributed by atoms with E-state index in [1.165, 1.54) is 0 Å². The minimum atomic E-state index is 0.155. The van der Waals surface area contributed by atoms with Crippen molar-refractivity contribution in [2.45, 2.75) is 19.4 Å². The minimum Gasteiger partial charge on any atom is -0.486 e. The molecule has 0 aliphatic carbocycles. The second kappa shape index (κ2) is 6.01. The summed E-state index contributed by atoms with van der Waals surface area (Å²) < 4.78 is 16.9. The van der Waals surface area contributed by atoms with Crippen LogP contribution >= 0.6 is 0 Å². The van der Waals surface area contributed by atoms with Gasteiger partial charge >= 0.3 is 0 Å². The van der Waals surface area contributed by atoms with Gasteiger partial charge in [-0.15, -0.1) is 0 Å². The fourth-order valence-corrected chi connectivity index (χ4v) is 2.54. The molecular weight excluding hydrogens is 254 g/mol. The quantitative estimate of drug-likeness (QED) is 0.909. The molecule has 0 fully saturated rings. The fourth-order valence-electron chi connectivity index (χ4n) is 2.54. The number of rotatable bonds is 5. The summed E-state index contributed by atoms with van der Waals surface area (Å²) >= 11 is 0. The van der Waals surface area contributed by atoms with Crippen LogP contribution < -0.4 is 14.8 Å². The van der Waals surface area contributed by atoms with E-state index in [2.05, 4.69) is 18.3 Å². The van der Waals surface area contributed by atoms with Gasteiger partial charge in [0.2, 0.25) is 0 Å². The zero-order valence-electron chi connectivity index (χ0n) is 11.6. The van der Waals surface area contributed by atoms with Crippen LogP contribution in [0.1, 0.15) is 24.3 Å². The molecule has 0 radical (unpaired) electrons. The predicted octanol–water partition coefficient (Wildman–Crippen LogP) is 2.94. The molecule has 3 rings (SSSR count). The van der Waals surface area contributed by atoms with Gasteiger partial charge in [0.15, 0.2) is 11.5 Å². The number of furan rings is 1. The van der Waals surface area contributed by atoms with Gasteiger partial charge < -0.3 is 19.2 Å². The van der Waals surface area contributed by atoms with Gasteiger partial charge in [-0.05, 0) is 24.7 Å². The molecular formula is C16H19NO3. The van der Waals surface area contributed by atoms with E-state index in [4.69, 9.17) is 13.9 Å². The van der Waals surface area contributed by atoms with Crippen molar-refractivity contribution in [1.29, 1.82) is 0 Å². The fraction of sp³-hybridized carbons (Fsp3) is 0.375. The van der Waals surface area contributed by atoms with Gasteiger partial charge in [-0.25, -0.2) is 0 Å². The van der Waals surface area contributed by atoms with Crippen LogP contribution in [0.5, 0.6) is 11.5 Å². The van der Waals surface area contributed by atoms with Crippen LogP contribution in [-0.4, -0.2) is 19.8 Å². The van der Waals surface area contributed by atoms with Crippen LogP contribution in [0.15, 0.2) is 41.0 Å². The second-order valence-corrected chi connectivity index (χ2v) is 4.77. The standard InChI is InChI=1S/C16H19NO3/c1-2-17-14(11-12-5-4-8-18-12)13-6-3-7-15-16(13)20-10-9-19-15/h3-8,14,17H,2,9-11H2,1H3. The molecule has 1 unspecified atom stereocenters. The lowest BCUT2D eigenvalue weighted by atomic mass is 10.0. The van der Waals surface area contributed by atoms with Crippen LogP contribution in [0.2, 0.25) is 0 Å². The number of para-hydroxylation sites is 1. The zero-order valence-corrected chi connectivity index (χ0v) is 11.6. The third-order valence-corrected chi connectivity index (χ3v) is 3.41. The summed E-state index contributed by atoms with van der Waals surface area (Å²) in [6, 6.07) is 10.1. The van der Waals surface area contributed by atoms with Gasteiger partial charge in [-0.2, -0.15) is 0 Å². The van der Waals surface area contributed by atoms with E-state index in [0.29, 0.717) is 13.2 Å². The molecule has 0 spiro atoms. The van der Waals surface area contributed by atoms with Gasteiger partial charge in [0, 0.05) is 18.0 Å². The maximum atomic E-state index is 5.81. The van der Waals surface area contributed by atoms with E-state index >= 15 is 0 Å². The molecule has 1 aliphatic rings. The average Bonchev–Trinajstić information content (AvgIpc) is 2.99. The highest BCUT2D eigenvalue weighted by molar-refractivity contribution is 5.49. The topological polar surface area (TPSA) is 43.6 Å². The molecule has 1 aliphatic heterocycles. The Morgan fingerprint density at radius 2 is 2.05 bits per heavy atom. The van der Waals surface area contributed by atoms with Crippen molar-refractivity contribution in [1.82, 2.24) is 5.32 Å². The lowest BCUT2D eigenvalue weighted by Gasteiger charge is -2.25. The molecule has 1 atom stereocenters. The molecule has 1 aromatic heterocycles. The van der Waals surface area contributed by atoms with Crippen molar-refractivity contribution in [3.05, 3.63) is 47.9 Å². The van der Waals surface area contributed by atoms with Crippen molar-refractivity contribution in [3.8, 4) is 11.5 Å². The summed E-state index contributed by atoms with van der Waals surface area (Å²) in [4.78, 5) is 0. The van der Waals surface area contributed by atoms with Gasteiger partial charge in [-0.1, -0.05) is 19.1 Å². The van der Waals surface area contributed by atoms with Crippen LogP contribution in [0.25, 0.3) is 0 Å². The molecule has 106 valence electrons. The van der Waals surface area contributed by atoms with Crippen molar-refractivity contribution >= 4 is 0 Å². The zero-order chi connectivity index (χ0) is 13.8. The second-order valence-electron chi connectivity index (χ2n) is 4.77. The maximum absolute atomic E-state index is 5.81. The molecule has 0 amide bonds. The summed E-state index contributed by atoms with van der Waals surface area (Å²) in [5.41, 5.74) is 1.13. The third kappa shape index (κ3) is 2.65. The number of ether oxygens (including phenoxy) is 2. The van der Waals surface area contributed by atoms with Crippen LogP contribution in [-0.2, 0) is 6.42 Å². The first kappa shape index (κ1) is 13.1. The van der Waals surface area contributed by atoms with E-state index in [1.807, 2.05) is 24.3 Å². The Morgan fingerprint density at radius 3 is 2.85 bits per heavy atom. The average molecular weight is 273 g/mol. The van der Waals surface area contributed by atoms with Crippen molar-refractivity contribution in [2.75, 3.05) is 19.8 Å². The number of likely N-dealkylation sites (N-methyl/N-ethyl adjacent to an activating group) is 1. The molecule has 0 saturated carbocycles. The summed E-state index contributed by atoms with van der Waals surface area (Å²) in [6.07, 6.45) is 2.50. The Labute approximate surface area is 118 Å². The first-order valence-electron chi connectivity index (χ1n) is 7.02. The smallest absolute Gasteiger partial charge is 0.166 e. The summed E-state index contributed by atoms with van der Waals surface area (Å²) in [7, 11) is 0. The molecule has 0 bridgehead atoms. The van der Waals surface area contributed by atoms with Crippen molar-refractivity contribution in [2.24, 2.45) is 0 Å². The molecule has 1 N–H and O–H groups in total. The van der Waals surface area contributed by atoms with E-state index in [9.17, 15) is 0 Å². The predicted molar refractivity (Wildman–Crippen MR) is 76.3 cm³/mol. The lowest BCUT2D eigenvalue weighted by Crippen LogP contribution is -2.25. The Kier molecular flexibility index (Phi) is 3.92. The number of fused-ring (bicyclic) bond motifs is 1. The Balaban J connectivity index is 1.90. The third-order valence-electron chi connectivity index (χ3n) is 3.41. The normalized spacial score (nSPS) is 15.1. The first-order chi connectivity index (χ1) is 9.88. The molecule has 2 heterocycles. The summed E-state index contributed by atoms with van der Waals surface area (Å²) in [5.74, 6) is 2.65. The van der Waals surface area contributed by atoms with E-state index < -0.39 is 0 Å². The largest absolute Gasteiger partial charge is 0.486 e. The minimum absolute atomic E-state index is 0.155. The molecule has 2 aromatic rings. The Hall–Kier alpha value is -1.94. The number of hydrogen-bond acceptors (Lipinski definition) is 4. The van der Waals surface area contributed by atoms with Crippen molar-refractivity contribution in [3.63, 3.8) is 0 Å². The SMILES string of the molecule is CCNC(Cc1ccco1)c1cccc2c1OCCO2. The van der Waals surface area contributed by atoms with Crippen LogP contribution in [0.3, 0.4) is 0 Å². The molecule has 0 saturated heterocycles. The summed E-state index contributed by atoms with van der Waals surface area (Å²) in [5, 5.41) is 3.49. The van der Waals surface area contributed by atoms with Gasteiger partial charge in [0.25, 0.3) is 0 Å². The summed E-state index contributed by atoms with van der Waals surface area (Å²) in [6.45, 7) is 4.20. The van der Waals surface area contributed by atoms with Crippen LogP contribution in [0.4, 0.5) is 0 Å². The number of benzene rings is 1. The lowest BCUT2D eigenvalue weighted by molar-refractivity contribution is 0.168. The van der Waals surface area contributed by atoms with Gasteiger partial charge in [-0.3, -0.25) is 0 Å². The highest BCUT2D eigenvalue weighted by atomic mass is 16.6. The highest BCUT2D eigenvalue weighted by Gasteiger charge is 2.22. The Morgan fingerprint density at radius 1 is 1.15 bits per heavy atom. The molecule has 20 heavy (non-hydrogen) atoms. The van der Waals surface area contributed by atoms with E-state index in [-0.39, 0.29) is 6.04 Å². The van der Waals surface area contributed by atoms with Gasteiger partial charge in [0.05, 0.1) is 6.26 Å². The van der Waals surface area contributed by atoms with Crippen LogP contribution in [0, 0.1) is 0 Å². The number of nitrogens with one attached hydrogen (secondary N) is 1. The monoisotopic (exact) mass is 273 g/mol. The molecule has 4 nitrogen and oxygen atoms in total. The molecule has 4 heteroatoms. The van der Waals surface area contributed by atoms with Gasteiger partial charge in [0.1, 0.15) is 19.0 Å². The van der Waals surface area contributed by atoms with E-state index in [0.717, 1.165) is 35.8 Å². The van der Waals surface area contributed by atoms with Crippen molar-refractivity contribution < 1.29 is 13.9 Å². The van der Waals surface area contributed by atoms with E-state index in [1.54, 1.807) is 6.26 Å². The highest BCUT2D eigenvalue weighted by Crippen LogP contribution is 2.37. The maximum Gasteiger partial charge on any atom is 0.166 e. The number of hydrogen-bond donors (Lipinski definition) is 1. The molecule has 1 aromatic carbocycles. The Bertz CT molecular complexity index is 551.